The van der Waals surface area contributed by atoms with Crippen LogP contribution in [0.15, 0.2) is 60.8 Å². The molecule has 0 radical (unpaired) electrons. The number of hydrogen-bond donors (Lipinski definition) is 1. The summed E-state index contributed by atoms with van der Waals surface area (Å²) in [6.45, 7) is 4.88. The number of hydrogen-bond acceptors (Lipinski definition) is 6. The summed E-state index contributed by atoms with van der Waals surface area (Å²) in [7, 11) is -3.71. The molecule has 6 nitrogen and oxygen atoms in total. The first-order valence-electron chi connectivity index (χ1n) is 11.4. The van der Waals surface area contributed by atoms with Crippen LogP contribution < -0.4 is 4.74 Å². The summed E-state index contributed by atoms with van der Waals surface area (Å²) in [5.41, 5.74) is 2.34. The number of rotatable bonds is 6. The molecule has 2 atom stereocenters. The fourth-order valence-electron chi connectivity index (χ4n) is 4.04. The Kier molecular flexibility index (Phi) is 6.79. The molecule has 3 aromatic rings. The van der Waals surface area contributed by atoms with Gasteiger partial charge in [0.15, 0.2) is 15.6 Å². The quantitative estimate of drug-likeness (QED) is 0.502. The zero-order chi connectivity index (χ0) is 25.4. The number of fused-ring (bicyclic) bond motifs is 1. The normalized spacial score (nSPS) is 18.0. The Bertz CT molecular complexity index is 1350. The second-order valence-electron chi connectivity index (χ2n) is 9.78. The summed E-state index contributed by atoms with van der Waals surface area (Å²) in [6.07, 6.45) is 1.48. The minimum absolute atomic E-state index is 0.114. The fraction of sp³-hybridized carbons (Fsp3) is 0.333. The summed E-state index contributed by atoms with van der Waals surface area (Å²) < 4.78 is 44.2. The van der Waals surface area contributed by atoms with Crippen LogP contribution in [0.2, 0.25) is 0 Å². The lowest BCUT2D eigenvalue weighted by molar-refractivity contribution is 0.0503. The Hall–Kier alpha value is -3.10. The molecule has 184 valence electrons. The van der Waals surface area contributed by atoms with Crippen LogP contribution in [-0.2, 0) is 16.3 Å². The summed E-state index contributed by atoms with van der Waals surface area (Å²) in [5.74, 6) is -1.58. The van der Waals surface area contributed by atoms with Crippen LogP contribution in [0.4, 0.5) is 4.39 Å². The average molecular weight is 498 g/mol. The second kappa shape index (κ2) is 9.51. The maximum atomic E-state index is 14.2. The lowest BCUT2D eigenvalue weighted by atomic mass is 9.88. The number of sulfone groups is 1. The third-order valence-corrected chi connectivity index (χ3v) is 8.78. The number of nitrogens with zero attached hydrogens (tertiary/aromatic N) is 1. The first-order chi connectivity index (χ1) is 16.5. The van der Waals surface area contributed by atoms with Crippen molar-refractivity contribution < 1.29 is 27.4 Å². The lowest BCUT2D eigenvalue weighted by Gasteiger charge is -2.30. The maximum Gasteiger partial charge on any atom is 0.178 e. The van der Waals surface area contributed by atoms with Crippen molar-refractivity contribution in [2.75, 3.05) is 12.4 Å². The van der Waals surface area contributed by atoms with E-state index < -0.39 is 38.0 Å². The van der Waals surface area contributed by atoms with Gasteiger partial charge in [-0.05, 0) is 74.7 Å². The predicted octanol–water partition coefficient (Wildman–Crippen LogP) is 4.57. The number of ketones is 1. The van der Waals surface area contributed by atoms with E-state index in [9.17, 15) is 22.7 Å². The van der Waals surface area contributed by atoms with Gasteiger partial charge < -0.3 is 9.84 Å². The van der Waals surface area contributed by atoms with E-state index in [2.05, 4.69) is 4.98 Å². The second-order valence-corrected chi connectivity index (χ2v) is 12.5. The van der Waals surface area contributed by atoms with Gasteiger partial charge in [-0.25, -0.2) is 12.8 Å². The van der Waals surface area contributed by atoms with Gasteiger partial charge in [-0.15, -0.1) is 0 Å². The molecule has 0 unspecified atom stereocenters. The molecule has 0 amide bonds. The average Bonchev–Trinajstić information content (AvgIpc) is 2.80. The summed E-state index contributed by atoms with van der Waals surface area (Å²) in [4.78, 5) is 17.3. The van der Waals surface area contributed by atoms with Gasteiger partial charge >= 0.3 is 0 Å². The van der Waals surface area contributed by atoms with Crippen molar-refractivity contribution in [1.29, 1.82) is 0 Å². The van der Waals surface area contributed by atoms with Crippen molar-refractivity contribution >= 4 is 15.6 Å². The zero-order valence-corrected chi connectivity index (χ0v) is 20.7. The van der Waals surface area contributed by atoms with Crippen LogP contribution in [0, 0.1) is 11.7 Å². The number of Topliss-reactive ketones (excluding diaryl/α,β-unsaturated/α-hetero) is 1. The molecule has 35 heavy (non-hydrogen) atoms. The lowest BCUT2D eigenvalue weighted by Crippen LogP contribution is -2.33. The number of aliphatic hydroxyl groups is 1. The summed E-state index contributed by atoms with van der Waals surface area (Å²) in [5, 5.41) is 10.9. The van der Waals surface area contributed by atoms with Gasteiger partial charge in [0.05, 0.1) is 17.5 Å². The highest BCUT2D eigenvalue weighted by Crippen LogP contribution is 2.40. The van der Waals surface area contributed by atoms with Crippen molar-refractivity contribution in [3.05, 3.63) is 83.4 Å². The van der Waals surface area contributed by atoms with E-state index in [0.717, 1.165) is 11.8 Å². The smallest absolute Gasteiger partial charge is 0.178 e. The van der Waals surface area contributed by atoms with Crippen molar-refractivity contribution in [1.82, 2.24) is 4.98 Å². The first kappa shape index (κ1) is 25.0. The van der Waals surface area contributed by atoms with Crippen LogP contribution >= 0.6 is 0 Å². The molecule has 0 spiro atoms. The minimum atomic E-state index is -3.71. The number of halogens is 1. The van der Waals surface area contributed by atoms with Crippen molar-refractivity contribution in [3.63, 3.8) is 0 Å². The monoisotopic (exact) mass is 497 g/mol. The van der Waals surface area contributed by atoms with Crippen LogP contribution in [0.1, 0.15) is 48.5 Å². The molecule has 0 saturated heterocycles. The SMILES string of the molecule is CC(C)(C)S(=O)(=O)CC(=O)c1ccc(F)cc1-c1ccc2c(c1)OC[C@@H](Cc1ccccn1)[C@@H]2O. The molecular weight excluding hydrogens is 469 g/mol. The third kappa shape index (κ3) is 5.28. The van der Waals surface area contributed by atoms with Gasteiger partial charge in [-0.3, -0.25) is 9.78 Å². The predicted molar refractivity (Wildman–Crippen MR) is 132 cm³/mol. The van der Waals surface area contributed by atoms with E-state index >= 15 is 0 Å². The molecule has 1 aliphatic heterocycles. The Balaban J connectivity index is 1.64. The number of benzene rings is 2. The van der Waals surface area contributed by atoms with Gasteiger partial charge in [0.1, 0.15) is 17.3 Å². The van der Waals surface area contributed by atoms with Gasteiger partial charge in [0.25, 0.3) is 0 Å². The minimum Gasteiger partial charge on any atom is -0.493 e. The first-order valence-corrected chi connectivity index (χ1v) is 13.0. The van der Waals surface area contributed by atoms with Gasteiger partial charge in [-0.1, -0.05) is 18.2 Å². The molecule has 0 aliphatic carbocycles. The molecule has 2 aromatic carbocycles. The van der Waals surface area contributed by atoms with Crippen LogP contribution in [-0.4, -0.2) is 41.4 Å². The Morgan fingerprint density at radius 1 is 1.14 bits per heavy atom. The van der Waals surface area contributed by atoms with E-state index in [-0.39, 0.29) is 23.7 Å². The van der Waals surface area contributed by atoms with Crippen molar-refractivity contribution in [3.8, 4) is 16.9 Å². The highest BCUT2D eigenvalue weighted by Gasteiger charge is 2.33. The Morgan fingerprint density at radius 2 is 1.91 bits per heavy atom. The molecule has 0 fully saturated rings. The molecule has 1 aliphatic rings. The van der Waals surface area contributed by atoms with Crippen molar-refractivity contribution in [2.45, 2.75) is 38.0 Å². The largest absolute Gasteiger partial charge is 0.493 e. The van der Waals surface area contributed by atoms with E-state index in [1.54, 1.807) is 24.4 Å². The Labute approximate surface area is 204 Å². The number of carbonyl (C=O) groups excluding carboxylic acids is 1. The van der Waals surface area contributed by atoms with Crippen molar-refractivity contribution in [2.24, 2.45) is 5.92 Å². The van der Waals surface area contributed by atoms with E-state index in [1.165, 1.54) is 32.9 Å². The number of pyridine rings is 1. The fourth-order valence-corrected chi connectivity index (χ4v) is 4.97. The van der Waals surface area contributed by atoms with Crippen LogP contribution in [0.3, 0.4) is 0 Å². The number of ether oxygens (including phenoxy) is 1. The molecule has 8 heteroatoms. The third-order valence-electron chi connectivity index (χ3n) is 6.28. The molecule has 0 bridgehead atoms. The number of carbonyl (C=O) groups is 1. The molecule has 1 aromatic heterocycles. The molecule has 0 saturated carbocycles. The molecule has 1 N–H and O–H groups in total. The summed E-state index contributed by atoms with van der Waals surface area (Å²) in [6, 6.07) is 14.3. The standard InChI is InChI=1S/C27H28FNO5S/c1-27(2,3)35(32,33)16-24(30)21-10-8-19(28)14-23(21)17-7-9-22-25(13-17)34-15-18(26(22)31)12-20-6-4-5-11-29-20/h4-11,13-14,18,26,31H,12,15-16H2,1-3H3/t18-,26+/m1/s1. The maximum absolute atomic E-state index is 14.2. The van der Waals surface area contributed by atoms with Gasteiger partial charge in [0.2, 0.25) is 0 Å². The molecule has 4 rings (SSSR count). The molecular formula is C27H28FNO5S. The van der Waals surface area contributed by atoms with Crippen LogP contribution in [0.25, 0.3) is 11.1 Å². The van der Waals surface area contributed by atoms with Gasteiger partial charge in [0, 0.05) is 28.9 Å². The highest BCUT2D eigenvalue weighted by molar-refractivity contribution is 7.93. The van der Waals surface area contributed by atoms with Gasteiger partial charge in [-0.2, -0.15) is 0 Å². The Morgan fingerprint density at radius 3 is 2.60 bits per heavy atom. The van der Waals surface area contributed by atoms with Crippen LogP contribution in [0.5, 0.6) is 5.75 Å². The summed E-state index contributed by atoms with van der Waals surface area (Å²) >= 11 is 0. The van der Waals surface area contributed by atoms with E-state index in [1.807, 2.05) is 18.2 Å². The highest BCUT2D eigenvalue weighted by atomic mass is 32.2. The number of aromatic nitrogens is 1. The number of aliphatic hydroxyl groups excluding tert-OH is 1. The zero-order valence-electron chi connectivity index (χ0n) is 19.9. The molecule has 2 heterocycles. The van der Waals surface area contributed by atoms with E-state index in [0.29, 0.717) is 23.3 Å². The van der Waals surface area contributed by atoms with E-state index in [4.69, 9.17) is 4.74 Å². The topological polar surface area (TPSA) is 93.6 Å².